The van der Waals surface area contributed by atoms with Crippen LogP contribution in [0, 0.1) is 0 Å². The lowest BCUT2D eigenvalue weighted by Gasteiger charge is -2.11. The maximum atomic E-state index is 12.1. The summed E-state index contributed by atoms with van der Waals surface area (Å²) >= 11 is 0. The highest BCUT2D eigenvalue weighted by molar-refractivity contribution is 7.89. The van der Waals surface area contributed by atoms with E-state index in [1.54, 1.807) is 20.2 Å². The second-order valence-electron chi connectivity index (χ2n) is 4.78. The molecule has 1 saturated carbocycles. The van der Waals surface area contributed by atoms with Gasteiger partial charge >= 0.3 is 0 Å². The van der Waals surface area contributed by atoms with Gasteiger partial charge in [-0.15, -0.1) is 0 Å². The molecule has 1 unspecified atom stereocenters. The summed E-state index contributed by atoms with van der Waals surface area (Å²) in [7, 11) is -2.03. The van der Waals surface area contributed by atoms with Crippen LogP contribution >= 0.6 is 0 Å². The average molecular weight is 288 g/mol. The molecule has 19 heavy (non-hydrogen) atoms. The summed E-state index contributed by atoms with van der Waals surface area (Å²) < 4.78 is 31.8. The number of rotatable bonds is 8. The predicted molar refractivity (Wildman–Crippen MR) is 70.1 cm³/mol. The van der Waals surface area contributed by atoms with Gasteiger partial charge in [0.25, 0.3) is 10.0 Å². The molecule has 0 aromatic carbocycles. The van der Waals surface area contributed by atoms with E-state index in [0.717, 1.165) is 12.8 Å². The minimum Gasteiger partial charge on any atom is -0.380 e. The van der Waals surface area contributed by atoms with Crippen molar-refractivity contribution in [1.29, 1.82) is 0 Å². The van der Waals surface area contributed by atoms with E-state index in [2.05, 4.69) is 20.2 Å². The van der Waals surface area contributed by atoms with Crippen molar-refractivity contribution in [3.8, 4) is 0 Å². The van der Waals surface area contributed by atoms with E-state index in [1.807, 2.05) is 0 Å². The minimum atomic E-state index is -3.57. The number of nitrogens with one attached hydrogen (secondary N) is 3. The van der Waals surface area contributed by atoms with Gasteiger partial charge in [-0.25, -0.2) is 13.1 Å². The van der Waals surface area contributed by atoms with E-state index in [-0.39, 0.29) is 17.7 Å². The Hall–Kier alpha value is -0.960. The minimum absolute atomic E-state index is 0.129. The fourth-order valence-electron chi connectivity index (χ4n) is 1.58. The highest BCUT2D eigenvalue weighted by Crippen LogP contribution is 2.20. The zero-order valence-corrected chi connectivity index (χ0v) is 12.0. The number of ether oxygens (including phenoxy) is 1. The van der Waals surface area contributed by atoms with Crippen molar-refractivity contribution in [2.24, 2.45) is 0 Å². The largest absolute Gasteiger partial charge is 0.380 e. The molecule has 1 aliphatic rings. The molecule has 2 rings (SSSR count). The van der Waals surface area contributed by atoms with Crippen molar-refractivity contribution in [2.75, 3.05) is 13.7 Å². The zero-order valence-electron chi connectivity index (χ0n) is 11.1. The van der Waals surface area contributed by atoms with Gasteiger partial charge in [0.2, 0.25) is 0 Å². The predicted octanol–water partition coefficient (Wildman–Crippen LogP) is -0.0251. The normalized spacial score (nSPS) is 17.6. The summed E-state index contributed by atoms with van der Waals surface area (Å²) in [5, 5.41) is 9.77. The number of methoxy groups -OCH3 is 1. The Morgan fingerprint density at radius 3 is 2.95 bits per heavy atom. The van der Waals surface area contributed by atoms with Gasteiger partial charge in [0.1, 0.15) is 0 Å². The van der Waals surface area contributed by atoms with Gasteiger partial charge in [-0.05, 0) is 19.8 Å². The molecule has 0 aliphatic heterocycles. The first kappa shape index (κ1) is 14.4. The molecule has 0 bridgehead atoms. The van der Waals surface area contributed by atoms with E-state index in [1.165, 1.54) is 0 Å². The molecule has 3 N–H and O–H groups in total. The van der Waals surface area contributed by atoms with Gasteiger partial charge in [0.15, 0.2) is 5.03 Å². The standard InChI is InChI=1S/C11H20N4O3S/c1-8(18-2)5-14-19(16,17)11-9(7-13-15-11)6-12-10-3-4-10/h7-8,10,12,14H,3-6H2,1-2H3,(H,13,15). The van der Waals surface area contributed by atoms with Crippen molar-refractivity contribution < 1.29 is 13.2 Å². The number of aromatic amines is 1. The summed E-state index contributed by atoms with van der Waals surface area (Å²) in [6, 6.07) is 0.520. The maximum absolute atomic E-state index is 12.1. The third-order valence-electron chi connectivity index (χ3n) is 3.07. The lowest BCUT2D eigenvalue weighted by molar-refractivity contribution is 0.122. The summed E-state index contributed by atoms with van der Waals surface area (Å²) in [6.07, 6.45) is 3.68. The SMILES string of the molecule is COC(C)CNS(=O)(=O)c1[nH]ncc1CNC1CC1. The first-order chi connectivity index (χ1) is 9.03. The van der Waals surface area contributed by atoms with Crippen LogP contribution in [0.4, 0.5) is 0 Å². The third-order valence-corrected chi connectivity index (χ3v) is 4.51. The smallest absolute Gasteiger partial charge is 0.257 e. The number of H-pyrrole nitrogens is 1. The van der Waals surface area contributed by atoms with Gasteiger partial charge in [-0.3, -0.25) is 5.10 Å². The summed E-state index contributed by atoms with van der Waals surface area (Å²) in [5.74, 6) is 0. The summed E-state index contributed by atoms with van der Waals surface area (Å²) in [6.45, 7) is 2.54. The molecule has 0 radical (unpaired) electrons. The monoisotopic (exact) mass is 288 g/mol. The van der Waals surface area contributed by atoms with Gasteiger partial charge in [-0.2, -0.15) is 5.10 Å². The molecule has 7 nitrogen and oxygen atoms in total. The summed E-state index contributed by atoms with van der Waals surface area (Å²) in [5.41, 5.74) is 0.657. The van der Waals surface area contributed by atoms with Crippen molar-refractivity contribution >= 4 is 10.0 Å². The second kappa shape index (κ2) is 6.00. The van der Waals surface area contributed by atoms with Crippen molar-refractivity contribution in [1.82, 2.24) is 20.2 Å². The van der Waals surface area contributed by atoms with E-state index < -0.39 is 10.0 Å². The Morgan fingerprint density at radius 1 is 1.58 bits per heavy atom. The molecule has 8 heteroatoms. The average Bonchev–Trinajstić information content (AvgIpc) is 3.09. The van der Waals surface area contributed by atoms with E-state index >= 15 is 0 Å². The zero-order chi connectivity index (χ0) is 13.9. The van der Waals surface area contributed by atoms with Crippen LogP contribution in [0.2, 0.25) is 0 Å². The molecule has 0 amide bonds. The molecule has 0 spiro atoms. The van der Waals surface area contributed by atoms with Crippen molar-refractivity contribution in [3.05, 3.63) is 11.8 Å². The Balaban J connectivity index is 2.00. The quantitative estimate of drug-likeness (QED) is 0.624. The van der Waals surface area contributed by atoms with Gasteiger partial charge in [0.05, 0.1) is 12.3 Å². The number of nitrogens with zero attached hydrogens (tertiary/aromatic N) is 1. The van der Waals surface area contributed by atoms with Crippen LogP contribution < -0.4 is 10.0 Å². The number of hydrogen-bond acceptors (Lipinski definition) is 5. The molecule has 108 valence electrons. The first-order valence-corrected chi connectivity index (χ1v) is 7.79. The Kier molecular flexibility index (Phi) is 4.56. The molecule has 1 fully saturated rings. The Morgan fingerprint density at radius 2 is 2.32 bits per heavy atom. The van der Waals surface area contributed by atoms with E-state index in [0.29, 0.717) is 18.2 Å². The molecular weight excluding hydrogens is 268 g/mol. The van der Waals surface area contributed by atoms with Crippen LogP contribution in [0.15, 0.2) is 11.2 Å². The van der Waals surface area contributed by atoms with Crippen LogP contribution in [0.25, 0.3) is 0 Å². The van der Waals surface area contributed by atoms with Crippen LogP contribution in [0.3, 0.4) is 0 Å². The topological polar surface area (TPSA) is 96.1 Å². The Bertz CT molecular complexity index is 510. The number of sulfonamides is 1. The molecule has 1 aromatic rings. The number of aromatic nitrogens is 2. The van der Waals surface area contributed by atoms with Crippen LogP contribution in [-0.4, -0.2) is 44.4 Å². The van der Waals surface area contributed by atoms with Crippen LogP contribution in [0.5, 0.6) is 0 Å². The molecule has 1 aliphatic carbocycles. The molecular formula is C11H20N4O3S. The highest BCUT2D eigenvalue weighted by atomic mass is 32.2. The highest BCUT2D eigenvalue weighted by Gasteiger charge is 2.24. The Labute approximate surface area is 113 Å². The number of hydrogen-bond donors (Lipinski definition) is 3. The van der Waals surface area contributed by atoms with Crippen molar-refractivity contribution in [3.63, 3.8) is 0 Å². The molecule has 1 atom stereocenters. The second-order valence-corrected chi connectivity index (χ2v) is 6.48. The fourth-order valence-corrected chi connectivity index (χ4v) is 2.82. The molecule has 1 heterocycles. The summed E-state index contributed by atoms with van der Waals surface area (Å²) in [4.78, 5) is 0. The van der Waals surface area contributed by atoms with Gasteiger partial charge < -0.3 is 10.1 Å². The molecule has 0 saturated heterocycles. The van der Waals surface area contributed by atoms with Crippen LogP contribution in [0.1, 0.15) is 25.3 Å². The van der Waals surface area contributed by atoms with Gasteiger partial charge in [0, 0.05) is 31.8 Å². The van der Waals surface area contributed by atoms with Crippen molar-refractivity contribution in [2.45, 2.75) is 43.5 Å². The van der Waals surface area contributed by atoms with Crippen LogP contribution in [-0.2, 0) is 21.3 Å². The molecule has 1 aromatic heterocycles. The maximum Gasteiger partial charge on any atom is 0.257 e. The van der Waals surface area contributed by atoms with E-state index in [9.17, 15) is 8.42 Å². The van der Waals surface area contributed by atoms with E-state index in [4.69, 9.17) is 4.74 Å². The lowest BCUT2D eigenvalue weighted by atomic mass is 10.3. The lowest BCUT2D eigenvalue weighted by Crippen LogP contribution is -2.32. The third kappa shape index (κ3) is 4.00. The van der Waals surface area contributed by atoms with Gasteiger partial charge in [-0.1, -0.05) is 0 Å². The first-order valence-electron chi connectivity index (χ1n) is 6.31. The fraction of sp³-hybridized carbons (Fsp3) is 0.727.